The molecule has 2 aliphatic rings. The molecule has 0 radical (unpaired) electrons. The molecule has 1 aromatic rings. The lowest BCUT2D eigenvalue weighted by molar-refractivity contribution is 0.0222. The van der Waals surface area contributed by atoms with Crippen molar-refractivity contribution in [3.8, 4) is 0 Å². The number of likely N-dealkylation sites (tertiary alicyclic amines) is 1. The van der Waals surface area contributed by atoms with E-state index in [1.807, 2.05) is 18.7 Å². The van der Waals surface area contributed by atoms with Gasteiger partial charge in [-0.3, -0.25) is 4.90 Å². The van der Waals surface area contributed by atoms with Gasteiger partial charge in [0.05, 0.1) is 5.60 Å². The lowest BCUT2D eigenvalue weighted by Crippen LogP contribution is -2.56. The fraction of sp³-hybridized carbons (Fsp3) is 0.682. The molecule has 1 aromatic carbocycles. The molecule has 6 heteroatoms. The molecule has 2 saturated heterocycles. The summed E-state index contributed by atoms with van der Waals surface area (Å²) in [5.74, 6) is 0. The van der Waals surface area contributed by atoms with Crippen molar-refractivity contribution in [2.45, 2.75) is 44.8 Å². The summed E-state index contributed by atoms with van der Waals surface area (Å²) in [5, 5.41) is 13.2. The Morgan fingerprint density at radius 1 is 1.04 bits per heavy atom. The van der Waals surface area contributed by atoms with Gasteiger partial charge >= 0.3 is 6.03 Å². The quantitative estimate of drug-likeness (QED) is 0.780. The first kappa shape index (κ1) is 21.1. The van der Waals surface area contributed by atoms with E-state index in [-0.39, 0.29) is 12.1 Å². The second-order valence-electron chi connectivity index (χ2n) is 8.88. The first-order valence-electron chi connectivity index (χ1n) is 10.7. The minimum atomic E-state index is -0.682. The Hall–Kier alpha value is -1.63. The Balaban J connectivity index is 1.33. The highest BCUT2D eigenvalue weighted by atomic mass is 16.3. The van der Waals surface area contributed by atoms with Crippen molar-refractivity contribution in [3.05, 3.63) is 35.9 Å². The van der Waals surface area contributed by atoms with Crippen LogP contribution in [0.15, 0.2) is 30.3 Å². The number of urea groups is 1. The zero-order valence-electron chi connectivity index (χ0n) is 17.4. The topological polar surface area (TPSA) is 59.1 Å². The number of nitrogens with one attached hydrogen (secondary N) is 1. The van der Waals surface area contributed by atoms with Crippen LogP contribution in [0.5, 0.6) is 0 Å². The number of nitrogens with zero attached hydrogens (tertiary/aromatic N) is 3. The van der Waals surface area contributed by atoms with Gasteiger partial charge in [-0.05, 0) is 38.7 Å². The highest BCUT2D eigenvalue weighted by Crippen LogP contribution is 2.13. The molecular formula is C22H36N4O2. The van der Waals surface area contributed by atoms with Crippen LogP contribution in [0, 0.1) is 0 Å². The SMILES string of the molecule is CC(C)(O)CN1CCN(C(=O)NC2CCN(CCc3ccccc3)CC2)CC1. The standard InChI is InChI=1S/C22H36N4O2/c1-22(2,28)18-25-14-16-26(17-15-25)21(27)23-20-9-12-24(13-10-20)11-8-19-6-4-3-5-7-19/h3-7,20,28H,8-18H2,1-2H3,(H,23,27). The first-order valence-corrected chi connectivity index (χ1v) is 10.7. The van der Waals surface area contributed by atoms with Gasteiger partial charge in [-0.2, -0.15) is 0 Å². The zero-order chi connectivity index (χ0) is 20.0. The zero-order valence-corrected chi connectivity index (χ0v) is 17.4. The summed E-state index contributed by atoms with van der Waals surface area (Å²) in [6.45, 7) is 10.6. The molecule has 2 heterocycles. The molecule has 0 aromatic heterocycles. The highest BCUT2D eigenvalue weighted by molar-refractivity contribution is 5.74. The molecule has 0 aliphatic carbocycles. The van der Waals surface area contributed by atoms with E-state index in [0.29, 0.717) is 6.54 Å². The van der Waals surface area contributed by atoms with Crippen molar-refractivity contribution < 1.29 is 9.90 Å². The van der Waals surface area contributed by atoms with Crippen LogP contribution < -0.4 is 5.32 Å². The number of hydrogen-bond acceptors (Lipinski definition) is 4. The average molecular weight is 389 g/mol. The number of benzene rings is 1. The van der Waals surface area contributed by atoms with E-state index in [0.717, 1.165) is 65.1 Å². The maximum absolute atomic E-state index is 12.6. The van der Waals surface area contributed by atoms with Gasteiger partial charge in [0.15, 0.2) is 0 Å². The second-order valence-corrected chi connectivity index (χ2v) is 8.88. The molecule has 0 spiro atoms. The lowest BCUT2D eigenvalue weighted by Gasteiger charge is -2.38. The fourth-order valence-corrected chi connectivity index (χ4v) is 4.15. The molecule has 2 aliphatic heterocycles. The third-order valence-electron chi connectivity index (χ3n) is 5.74. The van der Waals surface area contributed by atoms with Gasteiger partial charge in [-0.25, -0.2) is 4.79 Å². The van der Waals surface area contributed by atoms with Crippen LogP contribution in [0.4, 0.5) is 4.79 Å². The van der Waals surface area contributed by atoms with Crippen LogP contribution in [0.25, 0.3) is 0 Å². The first-order chi connectivity index (χ1) is 13.4. The van der Waals surface area contributed by atoms with Gasteiger partial charge in [0.2, 0.25) is 0 Å². The van der Waals surface area contributed by atoms with Crippen molar-refractivity contribution >= 4 is 6.03 Å². The number of β-amino-alcohol motifs (C(OH)–C–C–N with tert-alkyl or cyclic N) is 1. The maximum atomic E-state index is 12.6. The van der Waals surface area contributed by atoms with Crippen molar-refractivity contribution in [1.82, 2.24) is 20.0 Å². The fourth-order valence-electron chi connectivity index (χ4n) is 4.15. The molecule has 28 heavy (non-hydrogen) atoms. The largest absolute Gasteiger partial charge is 0.389 e. The summed E-state index contributed by atoms with van der Waals surface area (Å²) < 4.78 is 0. The molecule has 0 unspecified atom stereocenters. The molecule has 156 valence electrons. The maximum Gasteiger partial charge on any atom is 0.317 e. The predicted octanol–water partition coefficient (Wildman–Crippen LogP) is 1.79. The molecule has 2 N–H and O–H groups in total. The molecule has 2 fully saturated rings. The summed E-state index contributed by atoms with van der Waals surface area (Å²) in [4.78, 5) is 19.2. The number of hydrogen-bond donors (Lipinski definition) is 2. The molecule has 0 saturated carbocycles. The second kappa shape index (κ2) is 9.72. The molecule has 0 atom stereocenters. The van der Waals surface area contributed by atoms with Crippen LogP contribution in [-0.4, -0.2) is 89.8 Å². The Bertz CT molecular complexity index is 601. The number of carbonyl (C=O) groups is 1. The van der Waals surface area contributed by atoms with E-state index in [4.69, 9.17) is 0 Å². The Morgan fingerprint density at radius 3 is 2.29 bits per heavy atom. The van der Waals surface area contributed by atoms with Crippen molar-refractivity contribution in [2.75, 3.05) is 52.4 Å². The van der Waals surface area contributed by atoms with E-state index in [9.17, 15) is 9.90 Å². The van der Waals surface area contributed by atoms with Gasteiger partial charge in [0, 0.05) is 58.4 Å². The minimum Gasteiger partial charge on any atom is -0.389 e. The number of piperazine rings is 1. The summed E-state index contributed by atoms with van der Waals surface area (Å²) in [6.07, 6.45) is 3.14. The summed E-state index contributed by atoms with van der Waals surface area (Å²) >= 11 is 0. The lowest BCUT2D eigenvalue weighted by atomic mass is 10.0. The smallest absolute Gasteiger partial charge is 0.317 e. The van der Waals surface area contributed by atoms with Crippen molar-refractivity contribution in [2.24, 2.45) is 0 Å². The average Bonchev–Trinajstić information content (AvgIpc) is 2.67. The molecule has 2 amide bonds. The minimum absolute atomic E-state index is 0.0747. The van der Waals surface area contributed by atoms with E-state index in [1.54, 1.807) is 0 Å². The van der Waals surface area contributed by atoms with Gasteiger partial charge in [-0.15, -0.1) is 0 Å². The van der Waals surface area contributed by atoms with Crippen LogP contribution >= 0.6 is 0 Å². The predicted molar refractivity (Wildman–Crippen MR) is 112 cm³/mol. The summed E-state index contributed by atoms with van der Waals surface area (Å²) in [5.41, 5.74) is 0.709. The van der Waals surface area contributed by atoms with E-state index in [1.165, 1.54) is 5.56 Å². The van der Waals surface area contributed by atoms with E-state index >= 15 is 0 Å². The van der Waals surface area contributed by atoms with Crippen LogP contribution in [0.3, 0.4) is 0 Å². The van der Waals surface area contributed by atoms with Crippen LogP contribution in [0.1, 0.15) is 32.3 Å². The van der Waals surface area contributed by atoms with Gasteiger partial charge in [0.25, 0.3) is 0 Å². The normalized spacial score (nSPS) is 20.3. The van der Waals surface area contributed by atoms with Crippen molar-refractivity contribution in [1.29, 1.82) is 0 Å². The summed E-state index contributed by atoms with van der Waals surface area (Å²) in [6, 6.07) is 11.0. The third-order valence-corrected chi connectivity index (χ3v) is 5.74. The Labute approximate surface area is 169 Å². The number of piperidine rings is 1. The third kappa shape index (κ3) is 6.76. The van der Waals surface area contributed by atoms with Gasteiger partial charge in [0.1, 0.15) is 0 Å². The monoisotopic (exact) mass is 388 g/mol. The van der Waals surface area contributed by atoms with Crippen LogP contribution in [-0.2, 0) is 6.42 Å². The summed E-state index contributed by atoms with van der Waals surface area (Å²) in [7, 11) is 0. The van der Waals surface area contributed by atoms with Gasteiger partial charge < -0.3 is 20.2 Å². The van der Waals surface area contributed by atoms with Crippen LogP contribution in [0.2, 0.25) is 0 Å². The number of carbonyl (C=O) groups excluding carboxylic acids is 1. The van der Waals surface area contributed by atoms with E-state index in [2.05, 4.69) is 45.4 Å². The van der Waals surface area contributed by atoms with Crippen molar-refractivity contribution in [3.63, 3.8) is 0 Å². The molecule has 6 nitrogen and oxygen atoms in total. The molecule has 3 rings (SSSR count). The van der Waals surface area contributed by atoms with E-state index < -0.39 is 5.60 Å². The number of aliphatic hydroxyl groups is 1. The van der Waals surface area contributed by atoms with Gasteiger partial charge in [-0.1, -0.05) is 30.3 Å². The highest BCUT2D eigenvalue weighted by Gasteiger charge is 2.27. The number of rotatable bonds is 6. The molecular weight excluding hydrogens is 352 g/mol. The Kier molecular flexibility index (Phi) is 7.32. The Morgan fingerprint density at radius 2 is 1.68 bits per heavy atom. The number of amides is 2. The molecule has 0 bridgehead atoms.